The molecule has 8 heteroatoms. The van der Waals surface area contributed by atoms with Crippen molar-refractivity contribution in [2.24, 2.45) is 0 Å². The van der Waals surface area contributed by atoms with E-state index < -0.39 is 11.8 Å². The zero-order valence-corrected chi connectivity index (χ0v) is 18.4. The van der Waals surface area contributed by atoms with Gasteiger partial charge in [0.25, 0.3) is 11.8 Å². The lowest BCUT2D eigenvalue weighted by molar-refractivity contribution is -0.122. The van der Waals surface area contributed by atoms with Crippen LogP contribution in [0, 0.1) is 0 Å². The molecule has 32 heavy (non-hydrogen) atoms. The standard InChI is InChI=1S/C24H21N3O4S/c1-3-31-20-10-6-18(7-11-20)27-23(29)21(22(28)25-24(27)32)14-16-12-13-26(15-16)17-4-8-19(30-2)9-5-17/h4-15H,3H2,1-2H3,(H,25,28,32)/b21-14-. The maximum absolute atomic E-state index is 13.2. The number of amides is 2. The molecule has 1 saturated heterocycles. The topological polar surface area (TPSA) is 72.8 Å². The van der Waals surface area contributed by atoms with E-state index in [-0.39, 0.29) is 10.7 Å². The maximum atomic E-state index is 13.2. The van der Waals surface area contributed by atoms with Crippen LogP contribution in [-0.4, -0.2) is 35.2 Å². The summed E-state index contributed by atoms with van der Waals surface area (Å²) in [5.74, 6) is 0.434. The van der Waals surface area contributed by atoms with Crippen LogP contribution in [0.25, 0.3) is 11.8 Å². The SMILES string of the molecule is CCOc1ccc(N2C(=O)/C(=C\c3ccn(-c4ccc(OC)cc4)c3)C(=O)NC2=S)cc1. The van der Waals surface area contributed by atoms with Gasteiger partial charge in [0.15, 0.2) is 5.11 Å². The number of carbonyl (C=O) groups excluding carboxylic acids is 2. The molecule has 1 aromatic heterocycles. The van der Waals surface area contributed by atoms with E-state index in [9.17, 15) is 9.59 Å². The van der Waals surface area contributed by atoms with Gasteiger partial charge in [-0.3, -0.25) is 19.8 Å². The molecule has 1 aliphatic rings. The van der Waals surface area contributed by atoms with Crippen molar-refractivity contribution in [2.45, 2.75) is 6.92 Å². The van der Waals surface area contributed by atoms with Gasteiger partial charge in [0.05, 0.1) is 19.4 Å². The summed E-state index contributed by atoms with van der Waals surface area (Å²) in [6.45, 7) is 2.44. The maximum Gasteiger partial charge on any atom is 0.270 e. The summed E-state index contributed by atoms with van der Waals surface area (Å²) in [6.07, 6.45) is 5.25. The fourth-order valence-electron chi connectivity index (χ4n) is 3.33. The largest absolute Gasteiger partial charge is 0.497 e. The number of benzene rings is 2. The van der Waals surface area contributed by atoms with Crippen LogP contribution in [0.2, 0.25) is 0 Å². The molecule has 1 N–H and O–H groups in total. The molecule has 2 heterocycles. The molecule has 2 aromatic carbocycles. The number of aromatic nitrogens is 1. The van der Waals surface area contributed by atoms with Gasteiger partial charge in [-0.05, 0) is 85.4 Å². The molecule has 162 valence electrons. The van der Waals surface area contributed by atoms with Crippen LogP contribution < -0.4 is 19.7 Å². The van der Waals surface area contributed by atoms with E-state index in [1.165, 1.54) is 4.90 Å². The molecule has 1 aliphatic heterocycles. The van der Waals surface area contributed by atoms with Crippen LogP contribution in [0.5, 0.6) is 11.5 Å². The molecule has 7 nitrogen and oxygen atoms in total. The van der Waals surface area contributed by atoms with E-state index in [2.05, 4.69) is 5.32 Å². The van der Waals surface area contributed by atoms with Crippen molar-refractivity contribution in [3.8, 4) is 17.2 Å². The highest BCUT2D eigenvalue weighted by molar-refractivity contribution is 7.80. The van der Waals surface area contributed by atoms with Crippen LogP contribution in [0.15, 0.2) is 72.6 Å². The molecule has 1 fully saturated rings. The molecule has 2 amide bonds. The average Bonchev–Trinajstić information content (AvgIpc) is 3.27. The number of anilines is 1. The molecular weight excluding hydrogens is 426 g/mol. The molecule has 0 radical (unpaired) electrons. The van der Waals surface area contributed by atoms with Crippen molar-refractivity contribution < 1.29 is 19.1 Å². The van der Waals surface area contributed by atoms with E-state index in [1.54, 1.807) is 37.5 Å². The molecule has 3 aromatic rings. The van der Waals surface area contributed by atoms with Crippen molar-refractivity contribution in [1.82, 2.24) is 9.88 Å². The Morgan fingerprint density at radius 3 is 2.28 bits per heavy atom. The van der Waals surface area contributed by atoms with E-state index in [0.29, 0.717) is 23.6 Å². The van der Waals surface area contributed by atoms with Gasteiger partial charge in [0.1, 0.15) is 17.1 Å². The molecule has 0 bridgehead atoms. The minimum atomic E-state index is -0.528. The monoisotopic (exact) mass is 447 g/mol. The Bertz CT molecular complexity index is 1200. The predicted molar refractivity (Wildman–Crippen MR) is 126 cm³/mol. The fourth-order valence-corrected chi connectivity index (χ4v) is 3.61. The van der Waals surface area contributed by atoms with E-state index in [0.717, 1.165) is 11.4 Å². The van der Waals surface area contributed by atoms with Gasteiger partial charge in [0.2, 0.25) is 0 Å². The first-order valence-electron chi connectivity index (χ1n) is 9.97. The summed E-state index contributed by atoms with van der Waals surface area (Å²) < 4.78 is 12.5. The Balaban J connectivity index is 1.61. The first-order valence-corrected chi connectivity index (χ1v) is 10.4. The molecule has 4 rings (SSSR count). The quantitative estimate of drug-likeness (QED) is 0.354. The van der Waals surface area contributed by atoms with Gasteiger partial charge >= 0.3 is 0 Å². The number of methoxy groups -OCH3 is 1. The van der Waals surface area contributed by atoms with Crippen LogP contribution in [0.1, 0.15) is 12.5 Å². The van der Waals surface area contributed by atoms with Gasteiger partial charge in [-0.2, -0.15) is 0 Å². The molecular formula is C24H21N3O4S. The van der Waals surface area contributed by atoms with E-state index in [1.807, 2.05) is 54.2 Å². The van der Waals surface area contributed by atoms with Crippen LogP contribution in [0.4, 0.5) is 5.69 Å². The number of rotatable bonds is 6. The summed E-state index contributed by atoms with van der Waals surface area (Å²) >= 11 is 5.25. The number of nitrogens with zero attached hydrogens (tertiary/aromatic N) is 2. The number of thiocarbonyl (C=S) groups is 1. The lowest BCUT2D eigenvalue weighted by Gasteiger charge is -2.29. The van der Waals surface area contributed by atoms with E-state index in [4.69, 9.17) is 21.7 Å². The Labute approximate surface area is 190 Å². The van der Waals surface area contributed by atoms with Crippen molar-refractivity contribution in [3.05, 3.63) is 78.1 Å². The minimum absolute atomic E-state index is 0.0000318. The highest BCUT2D eigenvalue weighted by atomic mass is 32.1. The zero-order chi connectivity index (χ0) is 22.7. The molecule has 0 aliphatic carbocycles. The van der Waals surface area contributed by atoms with E-state index >= 15 is 0 Å². The molecule has 0 atom stereocenters. The highest BCUT2D eigenvalue weighted by Crippen LogP contribution is 2.25. The number of hydrogen-bond acceptors (Lipinski definition) is 5. The number of hydrogen-bond donors (Lipinski definition) is 1. The van der Waals surface area contributed by atoms with Crippen LogP contribution >= 0.6 is 12.2 Å². The van der Waals surface area contributed by atoms with Crippen LogP contribution in [-0.2, 0) is 9.59 Å². The first-order chi connectivity index (χ1) is 15.5. The Morgan fingerprint density at radius 1 is 0.969 bits per heavy atom. The smallest absolute Gasteiger partial charge is 0.270 e. The lowest BCUT2D eigenvalue weighted by Crippen LogP contribution is -2.54. The summed E-state index contributed by atoms with van der Waals surface area (Å²) in [7, 11) is 1.61. The Morgan fingerprint density at radius 2 is 1.62 bits per heavy atom. The first kappa shape index (κ1) is 21.3. The average molecular weight is 448 g/mol. The van der Waals surface area contributed by atoms with Gasteiger partial charge in [-0.1, -0.05) is 0 Å². The Kier molecular flexibility index (Phi) is 6.04. The normalized spacial score (nSPS) is 15.1. The minimum Gasteiger partial charge on any atom is -0.497 e. The van der Waals surface area contributed by atoms with Gasteiger partial charge < -0.3 is 14.0 Å². The van der Waals surface area contributed by atoms with Crippen molar-refractivity contribution in [3.63, 3.8) is 0 Å². The van der Waals surface area contributed by atoms with Gasteiger partial charge in [-0.15, -0.1) is 0 Å². The summed E-state index contributed by atoms with van der Waals surface area (Å²) in [4.78, 5) is 27.0. The highest BCUT2D eigenvalue weighted by Gasteiger charge is 2.34. The molecule has 0 unspecified atom stereocenters. The van der Waals surface area contributed by atoms with Gasteiger partial charge in [0, 0.05) is 18.1 Å². The van der Waals surface area contributed by atoms with Crippen molar-refractivity contribution in [2.75, 3.05) is 18.6 Å². The second-order valence-corrected chi connectivity index (χ2v) is 7.32. The van der Waals surface area contributed by atoms with Crippen molar-refractivity contribution in [1.29, 1.82) is 0 Å². The summed E-state index contributed by atoms with van der Waals surface area (Å²) in [5.41, 5.74) is 2.18. The number of ether oxygens (including phenoxy) is 2. The third-order valence-electron chi connectivity index (χ3n) is 4.90. The lowest BCUT2D eigenvalue weighted by atomic mass is 10.1. The summed E-state index contributed by atoms with van der Waals surface area (Å²) in [6, 6.07) is 16.3. The van der Waals surface area contributed by atoms with Crippen molar-refractivity contribution >= 4 is 40.9 Å². The second kappa shape index (κ2) is 9.07. The third-order valence-corrected chi connectivity index (χ3v) is 5.19. The van der Waals surface area contributed by atoms with Gasteiger partial charge in [-0.25, -0.2) is 0 Å². The summed E-state index contributed by atoms with van der Waals surface area (Å²) in [5, 5.41) is 2.64. The predicted octanol–water partition coefficient (Wildman–Crippen LogP) is 3.72. The third kappa shape index (κ3) is 4.26. The number of carbonyl (C=O) groups is 2. The molecule has 0 saturated carbocycles. The number of nitrogens with one attached hydrogen (secondary N) is 1. The second-order valence-electron chi connectivity index (χ2n) is 6.93. The zero-order valence-electron chi connectivity index (χ0n) is 17.6. The molecule has 0 spiro atoms. The fraction of sp³-hybridized carbons (Fsp3) is 0.125. The Hall–Kier alpha value is -3.91. The van der Waals surface area contributed by atoms with Crippen LogP contribution in [0.3, 0.4) is 0 Å².